The summed E-state index contributed by atoms with van der Waals surface area (Å²) in [6, 6.07) is 3.75. The summed E-state index contributed by atoms with van der Waals surface area (Å²) >= 11 is 0. The zero-order valence-electron chi connectivity index (χ0n) is 9.50. The van der Waals surface area contributed by atoms with E-state index in [9.17, 15) is 4.79 Å². The Bertz CT molecular complexity index is 494. The molecule has 0 N–H and O–H groups in total. The minimum absolute atomic E-state index is 0.251. The van der Waals surface area contributed by atoms with Gasteiger partial charge in [-0.3, -0.25) is 4.79 Å². The van der Waals surface area contributed by atoms with Crippen molar-refractivity contribution in [1.82, 2.24) is 4.98 Å². The molecule has 88 valence electrons. The maximum Gasteiger partial charge on any atom is 0.310 e. The van der Waals surface area contributed by atoms with Crippen molar-refractivity contribution in [1.29, 1.82) is 0 Å². The van der Waals surface area contributed by atoms with Crippen LogP contribution in [0.3, 0.4) is 0 Å². The maximum atomic E-state index is 11.1. The van der Waals surface area contributed by atoms with Crippen molar-refractivity contribution >= 4 is 5.97 Å². The molecular formula is C12H13N2O3+. The smallest absolute Gasteiger partial charge is 0.310 e. The first-order valence-electron chi connectivity index (χ1n) is 5.21. The van der Waals surface area contributed by atoms with Crippen LogP contribution in [0, 0.1) is 0 Å². The molecule has 0 unspecified atom stereocenters. The molecule has 0 radical (unpaired) electrons. The fraction of sp³-hybridized carbons (Fsp3) is 0.250. The predicted molar refractivity (Wildman–Crippen MR) is 58.0 cm³/mol. The number of nitrogens with zero attached hydrogens (tertiary/aromatic N) is 2. The summed E-state index contributed by atoms with van der Waals surface area (Å²) in [5.74, 6) is 0.379. The quantitative estimate of drug-likeness (QED) is 0.577. The largest absolute Gasteiger partial charge is 0.469 e. The number of aromatic nitrogens is 2. The minimum atomic E-state index is -0.251. The number of ether oxygens (including phenoxy) is 1. The van der Waals surface area contributed by atoms with Crippen molar-refractivity contribution in [3.05, 3.63) is 48.4 Å². The zero-order valence-corrected chi connectivity index (χ0v) is 9.50. The predicted octanol–water partition coefficient (Wildman–Crippen LogP) is 0.726. The standard InChI is InChI=1S/C12H13N2O3/c1-16-12(15)7-10-3-2-5-14(8-10)9-11-13-4-6-17-11/h2-6,8H,7,9H2,1H3/q+1. The molecule has 5 nitrogen and oxygen atoms in total. The highest BCUT2D eigenvalue weighted by Gasteiger charge is 2.10. The van der Waals surface area contributed by atoms with Crippen molar-refractivity contribution in [2.45, 2.75) is 13.0 Å². The summed E-state index contributed by atoms with van der Waals surface area (Å²) < 4.78 is 11.7. The van der Waals surface area contributed by atoms with Gasteiger partial charge >= 0.3 is 5.97 Å². The normalized spacial score (nSPS) is 10.2. The summed E-state index contributed by atoms with van der Waals surface area (Å²) in [7, 11) is 1.38. The van der Waals surface area contributed by atoms with Crippen LogP contribution in [-0.2, 0) is 22.5 Å². The molecule has 0 amide bonds. The van der Waals surface area contributed by atoms with E-state index in [1.54, 1.807) is 6.20 Å². The van der Waals surface area contributed by atoms with E-state index in [1.165, 1.54) is 13.4 Å². The van der Waals surface area contributed by atoms with Crippen molar-refractivity contribution < 1.29 is 18.5 Å². The Morgan fingerprint density at radius 3 is 3.18 bits per heavy atom. The van der Waals surface area contributed by atoms with Gasteiger partial charge in [-0.25, -0.2) is 4.98 Å². The van der Waals surface area contributed by atoms with E-state index in [1.807, 2.05) is 29.1 Å². The van der Waals surface area contributed by atoms with E-state index in [0.717, 1.165) is 5.56 Å². The summed E-state index contributed by atoms with van der Waals surface area (Å²) in [4.78, 5) is 15.2. The van der Waals surface area contributed by atoms with E-state index >= 15 is 0 Å². The summed E-state index contributed by atoms with van der Waals surface area (Å²) in [5, 5.41) is 0. The molecule has 0 aliphatic rings. The Morgan fingerprint density at radius 2 is 2.47 bits per heavy atom. The lowest BCUT2D eigenvalue weighted by atomic mass is 10.2. The lowest BCUT2D eigenvalue weighted by Crippen LogP contribution is -2.34. The highest BCUT2D eigenvalue weighted by atomic mass is 16.5. The summed E-state index contributed by atoms with van der Waals surface area (Å²) in [6.07, 6.45) is 7.18. The van der Waals surface area contributed by atoms with Gasteiger partial charge in [-0.2, -0.15) is 4.57 Å². The highest BCUT2D eigenvalue weighted by molar-refractivity contribution is 5.72. The van der Waals surface area contributed by atoms with Crippen LogP contribution in [0.25, 0.3) is 0 Å². The third-order valence-electron chi connectivity index (χ3n) is 2.30. The number of oxazole rings is 1. The molecule has 2 aromatic rings. The molecule has 0 saturated heterocycles. The van der Waals surface area contributed by atoms with Crippen molar-refractivity contribution in [3.8, 4) is 0 Å². The number of methoxy groups -OCH3 is 1. The SMILES string of the molecule is COC(=O)Cc1ccc[n+](Cc2ncco2)c1. The second-order valence-electron chi connectivity index (χ2n) is 3.56. The van der Waals surface area contributed by atoms with E-state index in [2.05, 4.69) is 9.72 Å². The Kier molecular flexibility index (Phi) is 3.49. The molecule has 0 fully saturated rings. The molecule has 2 aromatic heterocycles. The Labute approximate surface area is 98.7 Å². The molecule has 2 rings (SSSR count). The highest BCUT2D eigenvalue weighted by Crippen LogP contribution is 1.99. The molecule has 0 aromatic carbocycles. The van der Waals surface area contributed by atoms with Gasteiger partial charge in [-0.15, -0.1) is 0 Å². The van der Waals surface area contributed by atoms with Gasteiger partial charge < -0.3 is 9.15 Å². The van der Waals surface area contributed by atoms with Crippen LogP contribution < -0.4 is 4.57 Å². The number of pyridine rings is 1. The van der Waals surface area contributed by atoms with Crippen LogP contribution in [0.4, 0.5) is 0 Å². The molecule has 0 aliphatic carbocycles. The van der Waals surface area contributed by atoms with Crippen LogP contribution in [0.15, 0.2) is 41.4 Å². The van der Waals surface area contributed by atoms with Crippen LogP contribution in [-0.4, -0.2) is 18.1 Å². The lowest BCUT2D eigenvalue weighted by molar-refractivity contribution is -0.690. The first-order valence-corrected chi connectivity index (χ1v) is 5.21. The summed E-state index contributed by atoms with van der Waals surface area (Å²) in [6.45, 7) is 0.544. The van der Waals surface area contributed by atoms with Crippen molar-refractivity contribution in [2.75, 3.05) is 7.11 Å². The Balaban J connectivity index is 2.08. The van der Waals surface area contributed by atoms with Gasteiger partial charge in [-0.05, 0) is 6.07 Å². The molecule has 0 aliphatic heterocycles. The van der Waals surface area contributed by atoms with Crippen LogP contribution >= 0.6 is 0 Å². The number of carbonyl (C=O) groups excluding carboxylic acids is 1. The van der Waals surface area contributed by atoms with Gasteiger partial charge in [-0.1, -0.05) is 0 Å². The van der Waals surface area contributed by atoms with E-state index in [4.69, 9.17) is 4.42 Å². The third-order valence-corrected chi connectivity index (χ3v) is 2.30. The van der Waals surface area contributed by atoms with Gasteiger partial charge in [0.1, 0.15) is 6.26 Å². The number of carbonyl (C=O) groups is 1. The monoisotopic (exact) mass is 233 g/mol. The van der Waals surface area contributed by atoms with Crippen molar-refractivity contribution in [2.24, 2.45) is 0 Å². The van der Waals surface area contributed by atoms with Gasteiger partial charge in [0.05, 0.1) is 19.7 Å². The molecule has 0 spiro atoms. The first kappa shape index (κ1) is 11.3. The number of hydrogen-bond acceptors (Lipinski definition) is 4. The second-order valence-corrected chi connectivity index (χ2v) is 3.56. The molecule has 2 heterocycles. The molecule has 0 bridgehead atoms. The van der Waals surface area contributed by atoms with Crippen molar-refractivity contribution in [3.63, 3.8) is 0 Å². The van der Waals surface area contributed by atoms with E-state index < -0.39 is 0 Å². The molecule has 0 saturated carbocycles. The van der Waals surface area contributed by atoms with Crippen LogP contribution in [0.2, 0.25) is 0 Å². The molecular weight excluding hydrogens is 220 g/mol. The number of esters is 1. The first-order chi connectivity index (χ1) is 8.28. The van der Waals surface area contributed by atoms with E-state index in [0.29, 0.717) is 12.4 Å². The average molecular weight is 233 g/mol. The molecule has 5 heteroatoms. The molecule has 17 heavy (non-hydrogen) atoms. The number of hydrogen-bond donors (Lipinski definition) is 0. The van der Waals surface area contributed by atoms with E-state index in [-0.39, 0.29) is 12.4 Å². The molecule has 0 atom stereocenters. The van der Waals surface area contributed by atoms with Gasteiger partial charge in [0, 0.05) is 11.6 Å². The third kappa shape index (κ3) is 3.14. The van der Waals surface area contributed by atoms with Crippen LogP contribution in [0.5, 0.6) is 0 Å². The van der Waals surface area contributed by atoms with Gasteiger partial charge in [0.15, 0.2) is 12.4 Å². The van der Waals surface area contributed by atoms with Gasteiger partial charge in [0.2, 0.25) is 6.54 Å². The van der Waals surface area contributed by atoms with Crippen LogP contribution in [0.1, 0.15) is 11.5 Å². The fourth-order valence-electron chi connectivity index (χ4n) is 1.51. The maximum absolute atomic E-state index is 11.1. The number of rotatable bonds is 4. The minimum Gasteiger partial charge on any atom is -0.469 e. The summed E-state index contributed by atoms with van der Waals surface area (Å²) in [5.41, 5.74) is 0.894. The fourth-order valence-corrected chi connectivity index (χ4v) is 1.51. The topological polar surface area (TPSA) is 56.2 Å². The lowest BCUT2D eigenvalue weighted by Gasteiger charge is -1.99. The van der Waals surface area contributed by atoms with Gasteiger partial charge in [0.25, 0.3) is 5.89 Å². The second kappa shape index (κ2) is 5.25. The Morgan fingerprint density at radius 1 is 1.59 bits per heavy atom. The average Bonchev–Trinajstić information content (AvgIpc) is 2.82. The zero-order chi connectivity index (χ0) is 12.1. The Hall–Kier alpha value is -2.17.